The number of Topliss-reactive ketones (excluding diaryl/α,β-unsaturated/α-hetero) is 1. The van der Waals surface area contributed by atoms with Crippen LogP contribution >= 0.6 is 0 Å². The van der Waals surface area contributed by atoms with Crippen LogP contribution in [0.15, 0.2) is 23.3 Å². The first-order valence-corrected chi connectivity index (χ1v) is 7.16. The zero-order chi connectivity index (χ0) is 15.0. The van der Waals surface area contributed by atoms with E-state index in [1.165, 1.54) is 33.5 Å². The van der Waals surface area contributed by atoms with Crippen LogP contribution in [0.25, 0.3) is 0 Å². The van der Waals surface area contributed by atoms with Crippen LogP contribution in [0.4, 0.5) is 0 Å². The molecule has 0 bridgehead atoms. The molecule has 20 heavy (non-hydrogen) atoms. The lowest BCUT2D eigenvalue weighted by Gasteiger charge is -2.25. The second-order valence-corrected chi connectivity index (χ2v) is 4.92. The van der Waals surface area contributed by atoms with E-state index in [1.807, 2.05) is 6.92 Å². The zero-order valence-corrected chi connectivity index (χ0v) is 12.8. The average molecular weight is 282 g/mol. The quantitative estimate of drug-likeness (QED) is 0.438. The largest absolute Gasteiger partial charge is 0.491 e. The van der Waals surface area contributed by atoms with Gasteiger partial charge in [0.2, 0.25) is 5.88 Å². The highest BCUT2D eigenvalue weighted by Gasteiger charge is 2.17. The summed E-state index contributed by atoms with van der Waals surface area (Å²) in [6.45, 7) is 4.45. The summed E-state index contributed by atoms with van der Waals surface area (Å²) in [6.07, 6.45) is 5.96. The Balaban J connectivity index is 2.75. The average Bonchev–Trinajstić information content (AvgIpc) is 2.48. The summed E-state index contributed by atoms with van der Waals surface area (Å²) in [5, 5.41) is 0. The molecule has 0 aromatic rings. The molecule has 5 nitrogen and oxygen atoms in total. The molecule has 1 heterocycles. The molecule has 0 saturated carbocycles. The van der Waals surface area contributed by atoms with Gasteiger partial charge in [-0.05, 0) is 38.4 Å². The summed E-state index contributed by atoms with van der Waals surface area (Å²) in [7, 11) is 2.99. The molecule has 0 aromatic carbocycles. The van der Waals surface area contributed by atoms with E-state index in [-0.39, 0.29) is 11.7 Å². The molecule has 1 saturated heterocycles. The Morgan fingerprint density at radius 3 is 2.35 bits per heavy atom. The van der Waals surface area contributed by atoms with Crippen molar-refractivity contribution < 1.29 is 14.3 Å². The standard InChI is InChI=1S/C15H26N2O3/c1-4-12(10-14(19-2)15(16)20-3)13(18)11-17-8-6-5-7-9-17/h10H,4-9,11,16H2,1-3H3/b12-10+,15-14-. The van der Waals surface area contributed by atoms with Gasteiger partial charge in [0.1, 0.15) is 0 Å². The van der Waals surface area contributed by atoms with E-state index in [0.717, 1.165) is 13.1 Å². The van der Waals surface area contributed by atoms with Crippen LogP contribution in [-0.4, -0.2) is 44.5 Å². The van der Waals surface area contributed by atoms with Crippen molar-refractivity contribution in [1.29, 1.82) is 0 Å². The molecule has 1 fully saturated rings. The second kappa shape index (κ2) is 8.64. The van der Waals surface area contributed by atoms with Gasteiger partial charge >= 0.3 is 0 Å². The van der Waals surface area contributed by atoms with Crippen molar-refractivity contribution in [2.75, 3.05) is 33.9 Å². The number of hydrogen-bond acceptors (Lipinski definition) is 5. The number of carbonyl (C=O) groups excluding carboxylic acids is 1. The Bertz CT molecular complexity index is 383. The van der Waals surface area contributed by atoms with E-state index in [9.17, 15) is 4.79 Å². The highest BCUT2D eigenvalue weighted by Crippen LogP contribution is 2.14. The normalized spacial score (nSPS) is 18.4. The van der Waals surface area contributed by atoms with Gasteiger partial charge in [0.25, 0.3) is 0 Å². The topological polar surface area (TPSA) is 64.8 Å². The van der Waals surface area contributed by atoms with Gasteiger partial charge in [-0.1, -0.05) is 13.3 Å². The minimum Gasteiger partial charge on any atom is -0.491 e. The fraction of sp³-hybridized carbons (Fsp3) is 0.667. The molecule has 0 aromatic heterocycles. The van der Waals surface area contributed by atoms with Gasteiger partial charge in [0, 0.05) is 5.57 Å². The van der Waals surface area contributed by atoms with Gasteiger partial charge in [-0.15, -0.1) is 0 Å². The predicted octanol–water partition coefficient (Wildman–Crippen LogP) is 1.80. The van der Waals surface area contributed by atoms with Crippen LogP contribution in [0.2, 0.25) is 0 Å². The highest BCUT2D eigenvalue weighted by molar-refractivity contribution is 5.97. The van der Waals surface area contributed by atoms with Crippen LogP contribution < -0.4 is 5.73 Å². The van der Waals surface area contributed by atoms with E-state index < -0.39 is 0 Å². The number of ketones is 1. The van der Waals surface area contributed by atoms with Crippen molar-refractivity contribution in [3.05, 3.63) is 23.3 Å². The maximum Gasteiger partial charge on any atom is 0.227 e. The lowest BCUT2D eigenvalue weighted by atomic mass is 10.1. The highest BCUT2D eigenvalue weighted by atomic mass is 16.5. The predicted molar refractivity (Wildman–Crippen MR) is 78.9 cm³/mol. The number of methoxy groups -OCH3 is 2. The van der Waals surface area contributed by atoms with Crippen LogP contribution in [0.1, 0.15) is 32.6 Å². The fourth-order valence-electron chi connectivity index (χ4n) is 2.29. The van der Waals surface area contributed by atoms with Crippen molar-refractivity contribution >= 4 is 5.78 Å². The number of nitrogens with zero attached hydrogens (tertiary/aromatic N) is 1. The SMILES string of the molecule is CC/C(=C\C(OC)=C(/N)OC)C(=O)CN1CCCCC1. The number of allylic oxidation sites excluding steroid dienone is 1. The van der Waals surface area contributed by atoms with E-state index in [1.54, 1.807) is 6.08 Å². The monoisotopic (exact) mass is 282 g/mol. The third kappa shape index (κ3) is 4.89. The summed E-state index contributed by atoms with van der Waals surface area (Å²) in [5.41, 5.74) is 6.40. The van der Waals surface area contributed by atoms with Crippen molar-refractivity contribution in [2.24, 2.45) is 5.73 Å². The lowest BCUT2D eigenvalue weighted by Crippen LogP contribution is -2.35. The summed E-state index contributed by atoms with van der Waals surface area (Å²) >= 11 is 0. The number of likely N-dealkylation sites (tertiary alicyclic amines) is 1. The molecule has 1 rings (SSSR count). The number of hydrogen-bond donors (Lipinski definition) is 1. The van der Waals surface area contributed by atoms with Gasteiger partial charge in [0.15, 0.2) is 11.5 Å². The first kappa shape index (κ1) is 16.6. The minimum atomic E-state index is 0.132. The molecular formula is C15H26N2O3. The molecule has 2 N–H and O–H groups in total. The second-order valence-electron chi connectivity index (χ2n) is 4.92. The van der Waals surface area contributed by atoms with Crippen molar-refractivity contribution in [3.63, 3.8) is 0 Å². The zero-order valence-electron chi connectivity index (χ0n) is 12.8. The Morgan fingerprint density at radius 1 is 1.20 bits per heavy atom. The summed E-state index contributed by atoms with van der Waals surface area (Å²) < 4.78 is 10.1. The Hall–Kier alpha value is -1.49. The Kier molecular flexibility index (Phi) is 7.15. The van der Waals surface area contributed by atoms with Gasteiger partial charge in [0.05, 0.1) is 20.8 Å². The Morgan fingerprint density at radius 2 is 1.85 bits per heavy atom. The molecule has 0 unspecified atom stereocenters. The van der Waals surface area contributed by atoms with E-state index in [2.05, 4.69) is 4.90 Å². The molecule has 0 atom stereocenters. The third-order valence-electron chi connectivity index (χ3n) is 3.54. The lowest BCUT2D eigenvalue weighted by molar-refractivity contribution is -0.117. The van der Waals surface area contributed by atoms with Gasteiger partial charge in [-0.2, -0.15) is 0 Å². The van der Waals surface area contributed by atoms with E-state index >= 15 is 0 Å². The Labute approximate surface area is 121 Å². The number of ether oxygens (including phenoxy) is 2. The first-order chi connectivity index (χ1) is 9.62. The molecule has 0 aliphatic carbocycles. The summed E-state index contributed by atoms with van der Waals surface area (Å²) in [6, 6.07) is 0. The number of piperidine rings is 1. The summed E-state index contributed by atoms with van der Waals surface area (Å²) in [5.74, 6) is 0.716. The molecule has 0 radical (unpaired) electrons. The van der Waals surface area contributed by atoms with Crippen LogP contribution in [-0.2, 0) is 14.3 Å². The maximum atomic E-state index is 12.3. The van der Waals surface area contributed by atoms with Gasteiger partial charge in [-0.3, -0.25) is 9.69 Å². The number of nitrogens with two attached hydrogens (primary N) is 1. The molecule has 1 aliphatic heterocycles. The number of rotatable bonds is 7. The van der Waals surface area contributed by atoms with E-state index in [0.29, 0.717) is 24.3 Å². The van der Waals surface area contributed by atoms with Crippen LogP contribution in [0, 0.1) is 0 Å². The smallest absolute Gasteiger partial charge is 0.227 e. The molecule has 0 spiro atoms. The van der Waals surface area contributed by atoms with Crippen molar-refractivity contribution in [3.8, 4) is 0 Å². The summed E-state index contributed by atoms with van der Waals surface area (Å²) in [4.78, 5) is 14.5. The first-order valence-electron chi connectivity index (χ1n) is 7.16. The van der Waals surface area contributed by atoms with Crippen LogP contribution in [0.5, 0.6) is 0 Å². The molecular weight excluding hydrogens is 256 g/mol. The molecule has 5 heteroatoms. The van der Waals surface area contributed by atoms with Crippen LogP contribution in [0.3, 0.4) is 0 Å². The van der Waals surface area contributed by atoms with Gasteiger partial charge in [-0.25, -0.2) is 0 Å². The number of carbonyl (C=O) groups is 1. The molecule has 114 valence electrons. The third-order valence-corrected chi connectivity index (χ3v) is 3.54. The van der Waals surface area contributed by atoms with E-state index in [4.69, 9.17) is 15.2 Å². The minimum absolute atomic E-state index is 0.132. The fourth-order valence-corrected chi connectivity index (χ4v) is 2.29. The molecule has 1 aliphatic rings. The molecule has 0 amide bonds. The van der Waals surface area contributed by atoms with Crippen molar-refractivity contribution in [1.82, 2.24) is 4.90 Å². The van der Waals surface area contributed by atoms with Crippen molar-refractivity contribution in [2.45, 2.75) is 32.6 Å². The maximum absolute atomic E-state index is 12.3. The van der Waals surface area contributed by atoms with Gasteiger partial charge < -0.3 is 15.2 Å².